The van der Waals surface area contributed by atoms with Gasteiger partial charge in [-0.2, -0.15) is 0 Å². The number of hydrogen-bond donors (Lipinski definition) is 4. The zero-order valence-corrected chi connectivity index (χ0v) is 39.5. The highest BCUT2D eigenvalue weighted by molar-refractivity contribution is 5.80. The molecule has 4 N–H and O–H groups in total. The first-order valence-electron chi connectivity index (χ1n) is 26.5. The summed E-state index contributed by atoms with van der Waals surface area (Å²) in [6.07, 6.45) is 59.6. The van der Waals surface area contributed by atoms with Gasteiger partial charge in [-0.1, -0.05) is 270 Å². The maximum atomic E-state index is 12.5. The Bertz CT molecular complexity index is 818. The molecular formula is C53H105NO4. The monoisotopic (exact) mass is 820 g/mol. The predicted octanol–water partition coefficient (Wildman–Crippen LogP) is 15.9. The molecule has 346 valence electrons. The van der Waals surface area contributed by atoms with E-state index in [0.29, 0.717) is 12.8 Å². The molecule has 0 aliphatic carbocycles. The zero-order chi connectivity index (χ0) is 42.3. The second-order valence-electron chi connectivity index (χ2n) is 18.4. The van der Waals surface area contributed by atoms with E-state index in [4.69, 9.17) is 0 Å². The number of hydrogen-bond acceptors (Lipinski definition) is 4. The van der Waals surface area contributed by atoms with Crippen molar-refractivity contribution in [1.82, 2.24) is 5.32 Å². The number of nitrogens with one attached hydrogen (secondary N) is 1. The number of amides is 1. The Balaban J connectivity index is 3.52. The number of unbranched alkanes of at least 4 members (excludes halogenated alkanes) is 39. The molecule has 0 spiro atoms. The van der Waals surface area contributed by atoms with Crippen LogP contribution in [0.5, 0.6) is 0 Å². The lowest BCUT2D eigenvalue weighted by Crippen LogP contribution is -2.49. The van der Waals surface area contributed by atoms with Gasteiger partial charge in [-0.05, 0) is 38.5 Å². The van der Waals surface area contributed by atoms with Crippen molar-refractivity contribution in [3.05, 3.63) is 12.2 Å². The fourth-order valence-electron chi connectivity index (χ4n) is 8.48. The van der Waals surface area contributed by atoms with Gasteiger partial charge < -0.3 is 20.6 Å². The van der Waals surface area contributed by atoms with Crippen LogP contribution in [0, 0.1) is 0 Å². The van der Waals surface area contributed by atoms with E-state index in [1.165, 1.54) is 238 Å². The van der Waals surface area contributed by atoms with Crippen molar-refractivity contribution < 1.29 is 20.1 Å². The van der Waals surface area contributed by atoms with Crippen LogP contribution in [0.1, 0.15) is 296 Å². The van der Waals surface area contributed by atoms with E-state index in [1.807, 2.05) is 0 Å². The standard InChI is InChI=1S/C53H105NO4/c1-3-5-7-9-11-13-15-17-19-21-22-23-24-25-26-27-28-29-30-32-34-36-38-40-42-44-46-48-52(57)53(58)54-50(49-55)51(56)47-45-43-41-39-37-35-33-31-20-18-16-14-12-10-8-6-4-2/h25-26,50-52,55-57H,3-24,27-49H2,1-2H3,(H,54,58)/b26-25-. The van der Waals surface area contributed by atoms with Gasteiger partial charge in [0.05, 0.1) is 18.8 Å². The Morgan fingerprint density at radius 1 is 0.397 bits per heavy atom. The summed E-state index contributed by atoms with van der Waals surface area (Å²) in [5, 5.41) is 33.5. The van der Waals surface area contributed by atoms with E-state index in [1.54, 1.807) is 0 Å². The second kappa shape index (κ2) is 48.8. The molecule has 0 aromatic heterocycles. The molecule has 0 aromatic carbocycles. The lowest BCUT2D eigenvalue weighted by atomic mass is 10.0. The van der Waals surface area contributed by atoms with Gasteiger partial charge in [-0.15, -0.1) is 0 Å². The quantitative estimate of drug-likeness (QED) is 0.0364. The van der Waals surface area contributed by atoms with Crippen LogP contribution < -0.4 is 5.32 Å². The van der Waals surface area contributed by atoms with Gasteiger partial charge in [-0.25, -0.2) is 0 Å². The Morgan fingerprint density at radius 2 is 0.655 bits per heavy atom. The van der Waals surface area contributed by atoms with Crippen LogP contribution in [0.25, 0.3) is 0 Å². The van der Waals surface area contributed by atoms with Crippen LogP contribution in [0.3, 0.4) is 0 Å². The third-order valence-electron chi connectivity index (χ3n) is 12.6. The Morgan fingerprint density at radius 3 is 0.948 bits per heavy atom. The largest absolute Gasteiger partial charge is 0.394 e. The van der Waals surface area contributed by atoms with Gasteiger partial charge in [0.1, 0.15) is 6.10 Å². The first-order chi connectivity index (χ1) is 28.6. The molecule has 5 nitrogen and oxygen atoms in total. The van der Waals surface area contributed by atoms with Crippen LogP contribution in [-0.2, 0) is 4.79 Å². The zero-order valence-electron chi connectivity index (χ0n) is 39.5. The SMILES string of the molecule is CCCCCCCCCCCCCC/C=C\CCCCCCCCCCCCCC(O)C(=O)NC(CO)C(O)CCCCCCCCCCCCCCCCCCC. The minimum atomic E-state index is -1.07. The maximum Gasteiger partial charge on any atom is 0.249 e. The molecule has 5 heteroatoms. The fourth-order valence-corrected chi connectivity index (χ4v) is 8.48. The summed E-state index contributed by atoms with van der Waals surface area (Å²) in [5.41, 5.74) is 0. The van der Waals surface area contributed by atoms with Crippen LogP contribution in [0.15, 0.2) is 12.2 Å². The normalized spacial score (nSPS) is 13.4. The molecular weight excluding hydrogens is 715 g/mol. The van der Waals surface area contributed by atoms with Crippen molar-refractivity contribution in [3.8, 4) is 0 Å². The molecule has 0 heterocycles. The van der Waals surface area contributed by atoms with Crippen molar-refractivity contribution in [2.45, 2.75) is 315 Å². The smallest absolute Gasteiger partial charge is 0.249 e. The number of aliphatic hydroxyl groups excluding tert-OH is 3. The summed E-state index contributed by atoms with van der Waals surface area (Å²) in [4.78, 5) is 12.5. The fraction of sp³-hybridized carbons (Fsp3) is 0.943. The molecule has 0 fully saturated rings. The minimum Gasteiger partial charge on any atom is -0.394 e. The summed E-state index contributed by atoms with van der Waals surface area (Å²) in [6, 6.07) is -0.709. The van der Waals surface area contributed by atoms with Gasteiger partial charge >= 0.3 is 0 Å². The van der Waals surface area contributed by atoms with E-state index < -0.39 is 24.2 Å². The van der Waals surface area contributed by atoms with Gasteiger partial charge in [0.2, 0.25) is 5.91 Å². The Hall–Kier alpha value is -0.910. The Labute approximate surface area is 363 Å². The third kappa shape index (κ3) is 43.2. The molecule has 1 amide bonds. The number of allylic oxidation sites excluding steroid dienone is 2. The molecule has 0 radical (unpaired) electrons. The van der Waals surface area contributed by atoms with Crippen molar-refractivity contribution in [1.29, 1.82) is 0 Å². The Kier molecular flexibility index (Phi) is 48.0. The van der Waals surface area contributed by atoms with Gasteiger partial charge in [-0.3, -0.25) is 4.79 Å². The maximum absolute atomic E-state index is 12.5. The van der Waals surface area contributed by atoms with Crippen LogP contribution in [0.4, 0.5) is 0 Å². The summed E-state index contributed by atoms with van der Waals surface area (Å²) in [7, 11) is 0. The third-order valence-corrected chi connectivity index (χ3v) is 12.6. The van der Waals surface area contributed by atoms with Crippen molar-refractivity contribution in [3.63, 3.8) is 0 Å². The number of carbonyl (C=O) groups is 1. The molecule has 0 saturated carbocycles. The highest BCUT2D eigenvalue weighted by atomic mass is 16.3. The molecule has 0 rings (SSSR count). The average Bonchev–Trinajstić information content (AvgIpc) is 3.23. The first kappa shape index (κ1) is 57.1. The van der Waals surface area contributed by atoms with Gasteiger partial charge in [0.15, 0.2) is 0 Å². The van der Waals surface area contributed by atoms with Crippen LogP contribution in [0.2, 0.25) is 0 Å². The highest BCUT2D eigenvalue weighted by Gasteiger charge is 2.23. The molecule has 0 saturated heterocycles. The number of carbonyl (C=O) groups excluding carboxylic acids is 1. The minimum absolute atomic E-state index is 0.310. The average molecular weight is 820 g/mol. The molecule has 58 heavy (non-hydrogen) atoms. The summed E-state index contributed by atoms with van der Waals surface area (Å²) < 4.78 is 0. The number of aliphatic hydroxyl groups is 3. The van der Waals surface area contributed by atoms with Crippen molar-refractivity contribution in [2.75, 3.05) is 6.61 Å². The lowest BCUT2D eigenvalue weighted by molar-refractivity contribution is -0.131. The molecule has 3 atom stereocenters. The molecule has 0 aliphatic heterocycles. The molecule has 0 bridgehead atoms. The molecule has 3 unspecified atom stereocenters. The predicted molar refractivity (Wildman–Crippen MR) is 255 cm³/mol. The van der Waals surface area contributed by atoms with Crippen LogP contribution in [-0.4, -0.2) is 46.1 Å². The number of rotatable bonds is 49. The van der Waals surface area contributed by atoms with E-state index in [2.05, 4.69) is 31.3 Å². The summed E-state index contributed by atoms with van der Waals surface area (Å²) in [5.74, 6) is -0.466. The first-order valence-corrected chi connectivity index (χ1v) is 26.5. The molecule has 0 aromatic rings. The van der Waals surface area contributed by atoms with E-state index >= 15 is 0 Å². The van der Waals surface area contributed by atoms with Crippen LogP contribution >= 0.6 is 0 Å². The van der Waals surface area contributed by atoms with Gasteiger partial charge in [0.25, 0.3) is 0 Å². The topological polar surface area (TPSA) is 89.8 Å². The lowest BCUT2D eigenvalue weighted by Gasteiger charge is -2.23. The highest BCUT2D eigenvalue weighted by Crippen LogP contribution is 2.17. The van der Waals surface area contributed by atoms with Crippen molar-refractivity contribution in [2.24, 2.45) is 0 Å². The van der Waals surface area contributed by atoms with Gasteiger partial charge in [0, 0.05) is 0 Å². The molecule has 0 aliphatic rings. The van der Waals surface area contributed by atoms with E-state index in [9.17, 15) is 20.1 Å². The second-order valence-corrected chi connectivity index (χ2v) is 18.4. The van der Waals surface area contributed by atoms with E-state index in [0.717, 1.165) is 32.1 Å². The van der Waals surface area contributed by atoms with Crippen molar-refractivity contribution >= 4 is 5.91 Å². The van der Waals surface area contributed by atoms with E-state index in [-0.39, 0.29) is 6.61 Å². The summed E-state index contributed by atoms with van der Waals surface area (Å²) in [6.45, 7) is 4.26. The summed E-state index contributed by atoms with van der Waals surface area (Å²) >= 11 is 0.